The molecule has 1 aliphatic rings. The van der Waals surface area contributed by atoms with Gasteiger partial charge in [0.25, 0.3) is 0 Å². The van der Waals surface area contributed by atoms with Crippen molar-refractivity contribution in [1.29, 1.82) is 0 Å². The normalized spacial score (nSPS) is 22.4. The molecular weight excluding hydrogens is 236 g/mol. The zero-order valence-corrected chi connectivity index (χ0v) is 12.1. The lowest BCUT2D eigenvalue weighted by Gasteiger charge is -2.39. The Labute approximate surface area is 116 Å². The molecule has 2 atom stereocenters. The first kappa shape index (κ1) is 14.5. The van der Waals surface area contributed by atoms with Crippen molar-refractivity contribution in [3.05, 3.63) is 35.4 Å². The number of nitrogens with zero attached hydrogens (tertiary/aromatic N) is 1. The molecule has 1 heterocycles. The van der Waals surface area contributed by atoms with Gasteiger partial charge in [-0.25, -0.2) is 0 Å². The average Bonchev–Trinajstić information content (AvgIpc) is 2.43. The van der Waals surface area contributed by atoms with Gasteiger partial charge in [-0.05, 0) is 37.4 Å². The summed E-state index contributed by atoms with van der Waals surface area (Å²) >= 11 is 0. The second-order valence-corrected chi connectivity index (χ2v) is 5.51. The molecule has 1 aromatic rings. The molecule has 2 N–H and O–H groups in total. The van der Waals surface area contributed by atoms with Gasteiger partial charge >= 0.3 is 0 Å². The Balaban J connectivity index is 2.18. The third kappa shape index (κ3) is 3.56. The van der Waals surface area contributed by atoms with Crippen LogP contribution in [0.25, 0.3) is 0 Å². The van der Waals surface area contributed by atoms with Gasteiger partial charge in [0.2, 0.25) is 0 Å². The number of benzene rings is 1. The van der Waals surface area contributed by atoms with E-state index in [1.54, 1.807) is 7.11 Å². The van der Waals surface area contributed by atoms with E-state index in [-0.39, 0.29) is 0 Å². The highest BCUT2D eigenvalue weighted by Crippen LogP contribution is 2.28. The van der Waals surface area contributed by atoms with E-state index in [9.17, 15) is 0 Å². The monoisotopic (exact) mass is 262 g/mol. The number of ether oxygens (including phenoxy) is 1. The number of hydrogen-bond donors (Lipinski definition) is 1. The highest BCUT2D eigenvalue weighted by Gasteiger charge is 2.26. The molecule has 0 saturated carbocycles. The highest BCUT2D eigenvalue weighted by atomic mass is 16.5. The first-order valence-corrected chi connectivity index (χ1v) is 7.30. The predicted molar refractivity (Wildman–Crippen MR) is 79.0 cm³/mol. The van der Waals surface area contributed by atoms with Crippen LogP contribution in [0.5, 0.6) is 0 Å². The number of rotatable bonds is 5. The van der Waals surface area contributed by atoms with Crippen molar-refractivity contribution in [2.75, 3.05) is 20.2 Å². The lowest BCUT2D eigenvalue weighted by molar-refractivity contribution is 0.108. The smallest absolute Gasteiger partial charge is 0.0713 e. The maximum atomic E-state index is 6.05. The van der Waals surface area contributed by atoms with Crippen molar-refractivity contribution in [3.8, 4) is 0 Å². The minimum atomic E-state index is 0.340. The number of likely N-dealkylation sites (tertiary alicyclic amines) is 1. The maximum absolute atomic E-state index is 6.05. The fourth-order valence-electron chi connectivity index (χ4n) is 3.10. The predicted octanol–water partition coefficient (Wildman–Crippen LogP) is 2.71. The molecule has 1 aromatic carbocycles. The molecule has 0 aliphatic carbocycles. The topological polar surface area (TPSA) is 38.5 Å². The van der Waals surface area contributed by atoms with Crippen LogP contribution in [-0.2, 0) is 11.3 Å². The summed E-state index contributed by atoms with van der Waals surface area (Å²) < 4.78 is 5.22. The molecular formula is C16H26N2O. The standard InChI is InChI=1S/C16H26N2O/c1-13-6-3-4-9-18(13)16(11-17)15-8-5-7-14(10-15)12-19-2/h5,7-8,10,13,16H,3-4,6,9,11-12,17H2,1-2H3. The molecule has 3 nitrogen and oxygen atoms in total. The molecule has 2 rings (SSSR count). The van der Waals surface area contributed by atoms with Crippen LogP contribution in [-0.4, -0.2) is 31.1 Å². The average molecular weight is 262 g/mol. The zero-order valence-electron chi connectivity index (χ0n) is 12.1. The summed E-state index contributed by atoms with van der Waals surface area (Å²) in [4.78, 5) is 2.56. The van der Waals surface area contributed by atoms with Crippen LogP contribution in [0, 0.1) is 0 Å². The second kappa shape index (κ2) is 7.04. The first-order valence-electron chi connectivity index (χ1n) is 7.30. The Morgan fingerprint density at radius 3 is 2.95 bits per heavy atom. The Morgan fingerprint density at radius 1 is 1.42 bits per heavy atom. The molecule has 2 unspecified atom stereocenters. The third-order valence-electron chi connectivity index (χ3n) is 4.12. The van der Waals surface area contributed by atoms with E-state index in [1.165, 1.54) is 30.4 Å². The number of methoxy groups -OCH3 is 1. The van der Waals surface area contributed by atoms with Gasteiger partial charge in [0, 0.05) is 25.7 Å². The molecule has 0 radical (unpaired) electrons. The van der Waals surface area contributed by atoms with Gasteiger partial charge in [-0.15, -0.1) is 0 Å². The van der Waals surface area contributed by atoms with Gasteiger partial charge in [0.1, 0.15) is 0 Å². The van der Waals surface area contributed by atoms with Gasteiger partial charge in [0.05, 0.1) is 6.61 Å². The van der Waals surface area contributed by atoms with E-state index in [1.807, 2.05) is 0 Å². The number of piperidine rings is 1. The fraction of sp³-hybridized carbons (Fsp3) is 0.625. The minimum Gasteiger partial charge on any atom is -0.380 e. The zero-order chi connectivity index (χ0) is 13.7. The second-order valence-electron chi connectivity index (χ2n) is 5.51. The molecule has 1 fully saturated rings. The van der Waals surface area contributed by atoms with Crippen molar-refractivity contribution < 1.29 is 4.74 Å². The lowest BCUT2D eigenvalue weighted by atomic mass is 9.96. The van der Waals surface area contributed by atoms with E-state index in [0.29, 0.717) is 25.2 Å². The van der Waals surface area contributed by atoms with Gasteiger partial charge in [-0.2, -0.15) is 0 Å². The summed E-state index contributed by atoms with van der Waals surface area (Å²) in [7, 11) is 1.74. The molecule has 1 saturated heterocycles. The van der Waals surface area contributed by atoms with E-state index >= 15 is 0 Å². The SMILES string of the molecule is COCc1cccc(C(CN)N2CCCCC2C)c1. The molecule has 0 bridgehead atoms. The Kier molecular flexibility index (Phi) is 5.37. The van der Waals surface area contributed by atoms with Crippen molar-refractivity contribution >= 4 is 0 Å². The van der Waals surface area contributed by atoms with Crippen molar-refractivity contribution in [2.24, 2.45) is 5.73 Å². The van der Waals surface area contributed by atoms with Crippen molar-refractivity contribution in [1.82, 2.24) is 4.90 Å². The summed E-state index contributed by atoms with van der Waals surface area (Å²) in [5.74, 6) is 0. The van der Waals surface area contributed by atoms with Crippen LogP contribution in [0.2, 0.25) is 0 Å². The number of nitrogens with two attached hydrogens (primary N) is 1. The van der Waals surface area contributed by atoms with Crippen molar-refractivity contribution in [3.63, 3.8) is 0 Å². The molecule has 0 aromatic heterocycles. The summed E-state index contributed by atoms with van der Waals surface area (Å²) in [6, 6.07) is 9.63. The van der Waals surface area contributed by atoms with Crippen molar-refractivity contribution in [2.45, 2.75) is 44.9 Å². The summed E-state index contributed by atoms with van der Waals surface area (Å²) in [6.45, 7) is 4.83. The van der Waals surface area contributed by atoms with E-state index in [0.717, 1.165) is 6.54 Å². The van der Waals surface area contributed by atoms with Gasteiger partial charge in [-0.1, -0.05) is 30.7 Å². The van der Waals surface area contributed by atoms with E-state index in [2.05, 4.69) is 36.1 Å². The minimum absolute atomic E-state index is 0.340. The first-order chi connectivity index (χ1) is 9.26. The Morgan fingerprint density at radius 2 is 2.26 bits per heavy atom. The lowest BCUT2D eigenvalue weighted by Crippen LogP contribution is -2.43. The molecule has 0 amide bonds. The van der Waals surface area contributed by atoms with Crippen LogP contribution in [0.3, 0.4) is 0 Å². The van der Waals surface area contributed by atoms with Crippen LogP contribution < -0.4 is 5.73 Å². The molecule has 19 heavy (non-hydrogen) atoms. The molecule has 106 valence electrons. The van der Waals surface area contributed by atoms with Crippen LogP contribution >= 0.6 is 0 Å². The molecule has 3 heteroatoms. The molecule has 1 aliphatic heterocycles. The Bertz CT molecular complexity index is 394. The maximum Gasteiger partial charge on any atom is 0.0713 e. The van der Waals surface area contributed by atoms with Gasteiger partial charge in [0.15, 0.2) is 0 Å². The van der Waals surface area contributed by atoms with Crippen LogP contribution in [0.15, 0.2) is 24.3 Å². The number of hydrogen-bond acceptors (Lipinski definition) is 3. The fourth-order valence-corrected chi connectivity index (χ4v) is 3.10. The summed E-state index contributed by atoms with van der Waals surface area (Å²) in [5.41, 5.74) is 8.60. The van der Waals surface area contributed by atoms with E-state index < -0.39 is 0 Å². The van der Waals surface area contributed by atoms with E-state index in [4.69, 9.17) is 10.5 Å². The largest absolute Gasteiger partial charge is 0.380 e. The Hall–Kier alpha value is -0.900. The van der Waals surface area contributed by atoms with Crippen LogP contribution in [0.1, 0.15) is 43.4 Å². The molecule has 0 spiro atoms. The van der Waals surface area contributed by atoms with Crippen LogP contribution in [0.4, 0.5) is 0 Å². The third-order valence-corrected chi connectivity index (χ3v) is 4.12. The summed E-state index contributed by atoms with van der Waals surface area (Å²) in [5, 5.41) is 0. The van der Waals surface area contributed by atoms with Gasteiger partial charge in [-0.3, -0.25) is 4.90 Å². The highest BCUT2D eigenvalue weighted by molar-refractivity contribution is 5.26. The van der Waals surface area contributed by atoms with Gasteiger partial charge < -0.3 is 10.5 Å². The quantitative estimate of drug-likeness (QED) is 0.886. The summed E-state index contributed by atoms with van der Waals surface area (Å²) in [6.07, 6.45) is 3.92.